The predicted octanol–water partition coefficient (Wildman–Crippen LogP) is 2.88. The number of halogens is 1. The van der Waals surface area contributed by atoms with E-state index in [1.807, 2.05) is 29.4 Å². The zero-order valence-corrected chi connectivity index (χ0v) is 11.4. The highest BCUT2D eigenvalue weighted by Gasteiger charge is 2.19. The van der Waals surface area contributed by atoms with Gasteiger partial charge in [-0.2, -0.15) is 5.26 Å². The first-order valence-corrected chi connectivity index (χ1v) is 6.44. The van der Waals surface area contributed by atoms with Crippen molar-refractivity contribution >= 4 is 27.8 Å². The second kappa shape index (κ2) is 4.75. The summed E-state index contributed by atoms with van der Waals surface area (Å²) < 4.78 is 0.881. The van der Waals surface area contributed by atoms with Crippen molar-refractivity contribution in [3.8, 4) is 6.07 Å². The first-order chi connectivity index (χ1) is 9.28. The molecule has 0 aromatic heterocycles. The van der Waals surface area contributed by atoms with Crippen LogP contribution >= 0.6 is 15.9 Å². The molecule has 0 aliphatic carbocycles. The van der Waals surface area contributed by atoms with E-state index < -0.39 is 0 Å². The fraction of sp³-hybridized carbons (Fsp3) is 0. The summed E-state index contributed by atoms with van der Waals surface area (Å²) in [6.45, 7) is 0. The molecule has 2 heterocycles. The summed E-state index contributed by atoms with van der Waals surface area (Å²) in [6.07, 6.45) is 7.42. The van der Waals surface area contributed by atoms with Gasteiger partial charge in [-0.1, -0.05) is 12.1 Å². The largest absolute Gasteiger partial charge is 0.353 e. The van der Waals surface area contributed by atoms with E-state index in [0.29, 0.717) is 5.56 Å². The summed E-state index contributed by atoms with van der Waals surface area (Å²) in [4.78, 5) is 6.28. The molecular weight excluding hydrogens is 304 g/mol. The number of aliphatic imine (C=N–C) groups is 1. The van der Waals surface area contributed by atoms with Gasteiger partial charge in [0, 0.05) is 18.0 Å². The van der Waals surface area contributed by atoms with Gasteiger partial charge in [0.05, 0.1) is 40.0 Å². The minimum atomic E-state index is 0.649. The number of nitrogens with one attached hydrogen (secondary N) is 1. The molecule has 1 aromatic rings. The van der Waals surface area contributed by atoms with Crippen molar-refractivity contribution in [2.24, 2.45) is 4.99 Å². The van der Waals surface area contributed by atoms with Crippen molar-refractivity contribution in [1.82, 2.24) is 10.2 Å². The van der Waals surface area contributed by atoms with Crippen molar-refractivity contribution in [3.05, 3.63) is 64.3 Å². The van der Waals surface area contributed by atoms with Crippen LogP contribution in [0.4, 0.5) is 0 Å². The number of hydrogen-bond donors (Lipinski definition) is 1. The first-order valence-electron chi connectivity index (χ1n) is 5.65. The lowest BCUT2D eigenvalue weighted by Crippen LogP contribution is -2.25. The number of hydrogen-bond acceptors (Lipinski definition) is 4. The average molecular weight is 313 g/mol. The minimum absolute atomic E-state index is 0.649. The van der Waals surface area contributed by atoms with E-state index in [0.717, 1.165) is 21.6 Å². The van der Waals surface area contributed by atoms with Gasteiger partial charge in [0.25, 0.3) is 0 Å². The number of fused-ring (bicyclic) bond motifs is 1. The number of nitriles is 1. The van der Waals surface area contributed by atoms with Crippen LogP contribution in [0.25, 0.3) is 5.70 Å². The molecule has 19 heavy (non-hydrogen) atoms. The highest BCUT2D eigenvalue weighted by atomic mass is 79.9. The van der Waals surface area contributed by atoms with E-state index in [1.165, 1.54) is 0 Å². The Morgan fingerprint density at radius 2 is 2.05 bits per heavy atom. The molecule has 4 nitrogen and oxygen atoms in total. The summed E-state index contributed by atoms with van der Waals surface area (Å²) in [5.41, 5.74) is 3.60. The first kappa shape index (κ1) is 11.8. The maximum atomic E-state index is 8.83. The fourth-order valence-corrected chi connectivity index (χ4v) is 2.24. The number of allylic oxidation sites excluding steroid dienone is 1. The Hall–Kier alpha value is -2.32. The van der Waals surface area contributed by atoms with Crippen molar-refractivity contribution < 1.29 is 0 Å². The normalized spacial score (nSPS) is 16.6. The maximum absolute atomic E-state index is 8.83. The van der Waals surface area contributed by atoms with Crippen LogP contribution in [0, 0.1) is 11.3 Å². The molecule has 0 radical (unpaired) electrons. The van der Waals surface area contributed by atoms with E-state index in [1.54, 1.807) is 24.5 Å². The van der Waals surface area contributed by atoms with Gasteiger partial charge in [0.15, 0.2) is 0 Å². The number of nitrogens with zero attached hydrogens (tertiary/aromatic N) is 3. The van der Waals surface area contributed by atoms with E-state index in [2.05, 4.69) is 32.3 Å². The second-order valence-corrected chi connectivity index (χ2v) is 4.90. The van der Waals surface area contributed by atoms with E-state index in [9.17, 15) is 0 Å². The van der Waals surface area contributed by atoms with Crippen LogP contribution in [0.3, 0.4) is 0 Å². The molecule has 5 heteroatoms. The van der Waals surface area contributed by atoms with Gasteiger partial charge in [0.1, 0.15) is 0 Å². The van der Waals surface area contributed by atoms with Crippen molar-refractivity contribution in [2.45, 2.75) is 0 Å². The second-order valence-electron chi connectivity index (χ2n) is 4.04. The smallest absolute Gasteiger partial charge is 0.0991 e. The molecular formula is C14H9BrN4. The van der Waals surface area contributed by atoms with Crippen molar-refractivity contribution in [3.63, 3.8) is 0 Å². The summed E-state index contributed by atoms with van der Waals surface area (Å²) in [5, 5.41) is 11.9. The summed E-state index contributed by atoms with van der Waals surface area (Å²) in [7, 11) is 0. The molecule has 0 amide bonds. The molecule has 0 fully saturated rings. The molecule has 0 saturated carbocycles. The van der Waals surface area contributed by atoms with Crippen LogP contribution in [0.2, 0.25) is 0 Å². The monoisotopic (exact) mass is 312 g/mol. The number of rotatable bonds is 1. The zero-order valence-electron chi connectivity index (χ0n) is 9.84. The average Bonchev–Trinajstić information content (AvgIpc) is 2.47. The Balaban J connectivity index is 2.01. The molecule has 0 spiro atoms. The Kier molecular flexibility index (Phi) is 2.94. The van der Waals surface area contributed by atoms with Gasteiger partial charge < -0.3 is 10.2 Å². The van der Waals surface area contributed by atoms with Crippen LogP contribution in [-0.2, 0) is 0 Å². The Bertz CT molecular complexity index is 674. The summed E-state index contributed by atoms with van der Waals surface area (Å²) in [6, 6.07) is 9.57. The van der Waals surface area contributed by atoms with Crippen LogP contribution in [0.5, 0.6) is 0 Å². The van der Waals surface area contributed by atoms with E-state index in [4.69, 9.17) is 5.26 Å². The van der Waals surface area contributed by atoms with Gasteiger partial charge >= 0.3 is 0 Å². The van der Waals surface area contributed by atoms with Gasteiger partial charge in [0.2, 0.25) is 0 Å². The highest BCUT2D eigenvalue weighted by molar-refractivity contribution is 9.11. The highest BCUT2D eigenvalue weighted by Crippen LogP contribution is 2.29. The summed E-state index contributed by atoms with van der Waals surface area (Å²) >= 11 is 3.42. The molecule has 1 aromatic carbocycles. The maximum Gasteiger partial charge on any atom is 0.0991 e. The lowest BCUT2D eigenvalue weighted by atomic mass is 10.1. The van der Waals surface area contributed by atoms with Crippen LogP contribution in [0.1, 0.15) is 11.1 Å². The van der Waals surface area contributed by atoms with Crippen LogP contribution in [-0.4, -0.2) is 11.1 Å². The molecule has 0 unspecified atom stereocenters. The molecule has 92 valence electrons. The lowest BCUT2D eigenvalue weighted by molar-refractivity contribution is 0.658. The van der Waals surface area contributed by atoms with E-state index in [-0.39, 0.29) is 0 Å². The topological polar surface area (TPSA) is 51.4 Å². The minimum Gasteiger partial charge on any atom is -0.353 e. The van der Waals surface area contributed by atoms with Crippen LogP contribution in [0.15, 0.2) is 58.2 Å². The molecule has 1 N–H and O–H groups in total. The van der Waals surface area contributed by atoms with Crippen molar-refractivity contribution in [1.29, 1.82) is 5.26 Å². The third-order valence-corrected chi connectivity index (χ3v) is 3.29. The molecule has 0 bridgehead atoms. The molecule has 2 aliphatic rings. The molecule has 2 aliphatic heterocycles. The Morgan fingerprint density at radius 1 is 1.26 bits per heavy atom. The molecule has 0 saturated heterocycles. The van der Waals surface area contributed by atoms with Gasteiger partial charge in [-0.3, -0.25) is 4.99 Å². The molecule has 3 rings (SSSR count). The predicted molar refractivity (Wildman–Crippen MR) is 77.7 cm³/mol. The van der Waals surface area contributed by atoms with Crippen molar-refractivity contribution in [2.75, 3.05) is 0 Å². The van der Waals surface area contributed by atoms with E-state index >= 15 is 0 Å². The molecule has 0 atom stereocenters. The summed E-state index contributed by atoms with van der Waals surface area (Å²) in [5.74, 6) is 0. The quantitative estimate of drug-likeness (QED) is 0.811. The Labute approximate surface area is 119 Å². The standard InChI is InChI=1S/C14H9BrN4/c15-14-9-19-12(7-18-14)6-17-8-13(19)11-3-1-10(5-16)2-4-11/h1-4,6-9,18H. The number of benzene rings is 1. The van der Waals surface area contributed by atoms with Gasteiger partial charge in [-0.25, -0.2) is 0 Å². The van der Waals surface area contributed by atoms with Gasteiger partial charge in [-0.05, 0) is 28.1 Å². The third-order valence-electron chi connectivity index (χ3n) is 2.85. The van der Waals surface area contributed by atoms with Crippen LogP contribution < -0.4 is 5.32 Å². The van der Waals surface area contributed by atoms with Gasteiger partial charge in [-0.15, -0.1) is 0 Å². The third kappa shape index (κ3) is 2.18. The lowest BCUT2D eigenvalue weighted by Gasteiger charge is -2.29. The fourth-order valence-electron chi connectivity index (χ4n) is 1.92. The zero-order chi connectivity index (χ0) is 13.2. The Morgan fingerprint density at radius 3 is 2.79 bits per heavy atom. The SMILES string of the molecule is N#Cc1ccc(C2=CN=CC3=CNC(Br)=CN32)cc1.